The molecule has 2 nitrogen and oxygen atoms in total. The summed E-state index contributed by atoms with van der Waals surface area (Å²) in [4.78, 5) is 0. The van der Waals surface area contributed by atoms with Crippen molar-refractivity contribution in [3.63, 3.8) is 0 Å². The molecule has 1 saturated heterocycles. The van der Waals surface area contributed by atoms with Crippen LogP contribution in [0.15, 0.2) is 0 Å². The molecule has 0 amide bonds. The Labute approximate surface area is 78.7 Å². The van der Waals surface area contributed by atoms with Crippen LogP contribution in [0.2, 0.25) is 0 Å². The standard InChI is InChI=1S/C9H18O2S/c1-4-12-9-7(3)8(10)6(2)5-11-9/h6-10H,4-5H2,1-3H3/t6-,7?,8+,9+/m1/s1. The predicted octanol–water partition coefficient (Wildman–Crippen LogP) is 1.73. The Morgan fingerprint density at radius 3 is 2.75 bits per heavy atom. The summed E-state index contributed by atoms with van der Waals surface area (Å²) in [7, 11) is 0. The molecule has 0 saturated carbocycles. The van der Waals surface area contributed by atoms with Crippen molar-refractivity contribution in [3.05, 3.63) is 0 Å². The topological polar surface area (TPSA) is 29.5 Å². The van der Waals surface area contributed by atoms with E-state index >= 15 is 0 Å². The van der Waals surface area contributed by atoms with Crippen LogP contribution >= 0.6 is 11.8 Å². The lowest BCUT2D eigenvalue weighted by atomic mass is 9.92. The van der Waals surface area contributed by atoms with E-state index in [4.69, 9.17) is 4.74 Å². The van der Waals surface area contributed by atoms with Gasteiger partial charge < -0.3 is 9.84 Å². The fraction of sp³-hybridized carbons (Fsp3) is 1.00. The van der Waals surface area contributed by atoms with Crippen molar-refractivity contribution in [2.75, 3.05) is 12.4 Å². The fourth-order valence-corrected chi connectivity index (χ4v) is 2.51. The highest BCUT2D eigenvalue weighted by atomic mass is 32.2. The molecule has 0 aliphatic carbocycles. The van der Waals surface area contributed by atoms with Crippen molar-refractivity contribution in [3.8, 4) is 0 Å². The molecule has 1 heterocycles. The molecule has 12 heavy (non-hydrogen) atoms. The SMILES string of the molecule is CCS[C@@H]1OC[C@@H](C)[C@H](O)C1C. The zero-order valence-electron chi connectivity index (χ0n) is 7.99. The Hall–Kier alpha value is 0.270. The third-order valence-electron chi connectivity index (χ3n) is 2.41. The number of aliphatic hydroxyl groups excluding tert-OH is 1. The van der Waals surface area contributed by atoms with Gasteiger partial charge in [0, 0.05) is 11.8 Å². The van der Waals surface area contributed by atoms with Crippen molar-refractivity contribution in [2.24, 2.45) is 11.8 Å². The largest absolute Gasteiger partial charge is 0.392 e. The highest BCUT2D eigenvalue weighted by Crippen LogP contribution is 2.31. The van der Waals surface area contributed by atoms with Crippen LogP contribution in [-0.4, -0.2) is 29.0 Å². The third-order valence-corrected chi connectivity index (χ3v) is 3.63. The van der Waals surface area contributed by atoms with E-state index in [2.05, 4.69) is 13.8 Å². The van der Waals surface area contributed by atoms with Gasteiger partial charge in [-0.25, -0.2) is 0 Å². The van der Waals surface area contributed by atoms with Gasteiger partial charge in [0.2, 0.25) is 0 Å². The Kier molecular flexibility index (Phi) is 3.87. The van der Waals surface area contributed by atoms with Crippen molar-refractivity contribution in [2.45, 2.75) is 32.3 Å². The van der Waals surface area contributed by atoms with Gasteiger partial charge in [0.05, 0.1) is 12.7 Å². The predicted molar refractivity (Wildman–Crippen MR) is 52.2 cm³/mol. The second kappa shape index (κ2) is 4.49. The molecule has 0 bridgehead atoms. The summed E-state index contributed by atoms with van der Waals surface area (Å²) in [5.41, 5.74) is 0.196. The number of hydrogen-bond acceptors (Lipinski definition) is 3. The summed E-state index contributed by atoms with van der Waals surface area (Å²) >= 11 is 1.78. The molecular weight excluding hydrogens is 172 g/mol. The molecule has 0 spiro atoms. The number of hydrogen-bond donors (Lipinski definition) is 1. The summed E-state index contributed by atoms with van der Waals surface area (Å²) in [5.74, 6) is 1.60. The average molecular weight is 190 g/mol. The molecule has 1 aliphatic heterocycles. The van der Waals surface area contributed by atoms with Gasteiger partial charge in [-0.1, -0.05) is 20.8 Å². The maximum Gasteiger partial charge on any atom is 0.108 e. The van der Waals surface area contributed by atoms with Crippen LogP contribution in [0.4, 0.5) is 0 Å². The molecule has 1 unspecified atom stereocenters. The minimum absolute atomic E-state index is 0.192. The van der Waals surface area contributed by atoms with Crippen LogP contribution < -0.4 is 0 Å². The highest BCUT2D eigenvalue weighted by molar-refractivity contribution is 7.99. The lowest BCUT2D eigenvalue weighted by Gasteiger charge is -2.36. The first-order chi connectivity index (χ1) is 5.66. The minimum atomic E-state index is -0.192. The molecule has 4 atom stereocenters. The van der Waals surface area contributed by atoms with Crippen LogP contribution in [0.25, 0.3) is 0 Å². The van der Waals surface area contributed by atoms with Crippen LogP contribution in [0.5, 0.6) is 0 Å². The van der Waals surface area contributed by atoms with E-state index in [1.165, 1.54) is 0 Å². The molecule has 0 aromatic heterocycles. The van der Waals surface area contributed by atoms with Gasteiger partial charge in [0.15, 0.2) is 0 Å². The van der Waals surface area contributed by atoms with Crippen LogP contribution in [0, 0.1) is 11.8 Å². The number of thioether (sulfide) groups is 1. The third kappa shape index (κ3) is 2.15. The highest BCUT2D eigenvalue weighted by Gasteiger charge is 2.33. The normalized spacial score (nSPS) is 43.0. The fourth-order valence-electron chi connectivity index (χ4n) is 1.54. The first kappa shape index (κ1) is 10.4. The molecule has 0 aromatic rings. The van der Waals surface area contributed by atoms with E-state index in [1.807, 2.05) is 6.92 Å². The Bertz CT molecular complexity index is 140. The van der Waals surface area contributed by atoms with Gasteiger partial charge in [-0.05, 0) is 5.75 Å². The molecule has 0 aromatic carbocycles. The molecule has 1 aliphatic rings. The first-order valence-corrected chi connectivity index (χ1v) is 5.63. The molecule has 1 fully saturated rings. The van der Waals surface area contributed by atoms with E-state index in [0.29, 0.717) is 6.61 Å². The Balaban J connectivity index is 2.46. The van der Waals surface area contributed by atoms with Gasteiger partial charge in [0.1, 0.15) is 5.44 Å². The van der Waals surface area contributed by atoms with Gasteiger partial charge in [0.25, 0.3) is 0 Å². The summed E-state index contributed by atoms with van der Waals surface area (Å²) in [6.45, 7) is 6.91. The molecule has 1 rings (SSSR count). The van der Waals surface area contributed by atoms with Gasteiger partial charge in [-0.3, -0.25) is 0 Å². The molecule has 72 valence electrons. The molecule has 3 heteroatoms. The van der Waals surface area contributed by atoms with E-state index in [1.54, 1.807) is 11.8 Å². The van der Waals surface area contributed by atoms with Crippen molar-refractivity contribution >= 4 is 11.8 Å². The first-order valence-electron chi connectivity index (χ1n) is 4.58. The lowest BCUT2D eigenvalue weighted by molar-refractivity contribution is -0.0819. The second-order valence-electron chi connectivity index (χ2n) is 3.48. The monoisotopic (exact) mass is 190 g/mol. The zero-order chi connectivity index (χ0) is 9.14. The molecule has 0 radical (unpaired) electrons. The molecular formula is C9H18O2S. The Morgan fingerprint density at radius 2 is 2.17 bits per heavy atom. The van der Waals surface area contributed by atoms with Crippen molar-refractivity contribution in [1.29, 1.82) is 0 Å². The summed E-state index contributed by atoms with van der Waals surface area (Å²) in [5, 5.41) is 9.75. The van der Waals surface area contributed by atoms with E-state index in [-0.39, 0.29) is 23.4 Å². The maximum atomic E-state index is 9.75. The number of rotatable bonds is 2. The van der Waals surface area contributed by atoms with E-state index in [0.717, 1.165) is 5.75 Å². The lowest BCUT2D eigenvalue weighted by Crippen LogP contribution is -2.42. The smallest absolute Gasteiger partial charge is 0.108 e. The maximum absolute atomic E-state index is 9.75. The second-order valence-corrected chi connectivity index (χ2v) is 4.86. The number of aliphatic hydroxyl groups is 1. The summed E-state index contributed by atoms with van der Waals surface area (Å²) in [6, 6.07) is 0. The van der Waals surface area contributed by atoms with Crippen molar-refractivity contribution < 1.29 is 9.84 Å². The minimum Gasteiger partial charge on any atom is -0.392 e. The number of ether oxygens (including phenoxy) is 1. The summed E-state index contributed by atoms with van der Waals surface area (Å²) in [6.07, 6.45) is -0.192. The van der Waals surface area contributed by atoms with Gasteiger partial charge in [-0.2, -0.15) is 0 Å². The van der Waals surface area contributed by atoms with E-state index in [9.17, 15) is 5.11 Å². The van der Waals surface area contributed by atoms with Gasteiger partial charge in [-0.15, -0.1) is 11.8 Å². The molecule has 1 N–H and O–H groups in total. The van der Waals surface area contributed by atoms with Crippen molar-refractivity contribution in [1.82, 2.24) is 0 Å². The van der Waals surface area contributed by atoms with Crippen LogP contribution in [-0.2, 0) is 4.74 Å². The summed E-state index contributed by atoms with van der Waals surface area (Å²) < 4.78 is 5.62. The zero-order valence-corrected chi connectivity index (χ0v) is 8.80. The van der Waals surface area contributed by atoms with E-state index < -0.39 is 0 Å². The average Bonchev–Trinajstić information content (AvgIpc) is 2.07. The van der Waals surface area contributed by atoms with Crippen LogP contribution in [0.1, 0.15) is 20.8 Å². The quantitative estimate of drug-likeness (QED) is 0.719. The van der Waals surface area contributed by atoms with Crippen LogP contribution in [0.3, 0.4) is 0 Å². The Morgan fingerprint density at radius 1 is 1.50 bits per heavy atom. The van der Waals surface area contributed by atoms with Gasteiger partial charge >= 0.3 is 0 Å².